The third-order valence-corrected chi connectivity index (χ3v) is 6.23. The van der Waals surface area contributed by atoms with E-state index in [1.54, 1.807) is 0 Å². The summed E-state index contributed by atoms with van der Waals surface area (Å²) >= 11 is 6.42. The minimum Gasteiger partial charge on any atom is -0.493 e. The van der Waals surface area contributed by atoms with Gasteiger partial charge in [-0.05, 0) is 66.6 Å². The number of para-hydroxylation sites is 2. The first kappa shape index (κ1) is 22.4. The third kappa shape index (κ3) is 5.16. The van der Waals surface area contributed by atoms with E-state index in [-0.39, 0.29) is 0 Å². The average Bonchev–Trinajstić information content (AvgIpc) is 3.12. The molecule has 4 heteroatoms. The quantitative estimate of drug-likeness (QED) is 0.248. The van der Waals surface area contributed by atoms with Gasteiger partial charge >= 0.3 is 0 Å². The minimum atomic E-state index is 0.454. The van der Waals surface area contributed by atoms with Crippen molar-refractivity contribution in [2.45, 2.75) is 52.5 Å². The lowest BCUT2D eigenvalue weighted by atomic mass is 10.0. The summed E-state index contributed by atoms with van der Waals surface area (Å²) in [7, 11) is 0. The molecule has 0 unspecified atom stereocenters. The molecule has 0 aliphatic rings. The highest BCUT2D eigenvalue weighted by Gasteiger charge is 2.13. The van der Waals surface area contributed by atoms with E-state index in [2.05, 4.69) is 67.8 Å². The van der Waals surface area contributed by atoms with Crippen molar-refractivity contribution in [1.29, 1.82) is 0 Å². The monoisotopic (exact) mass is 446 g/mol. The van der Waals surface area contributed by atoms with Crippen LogP contribution in [-0.4, -0.2) is 16.2 Å². The molecule has 0 fully saturated rings. The summed E-state index contributed by atoms with van der Waals surface area (Å²) in [6.45, 7) is 8.16. The molecule has 0 aliphatic carbocycles. The van der Waals surface area contributed by atoms with Crippen molar-refractivity contribution in [3.05, 3.63) is 94.3 Å². The highest BCUT2D eigenvalue weighted by Crippen LogP contribution is 2.28. The molecule has 4 rings (SSSR count). The molecule has 3 nitrogen and oxygen atoms in total. The summed E-state index contributed by atoms with van der Waals surface area (Å²) in [6.07, 6.45) is 2.74. The standard InChI is InChI=1S/C28H31ClN2O/c1-20(2)23-15-14-21(3)18-27(23)32-17-9-8-16-31-26-13-7-6-12-25(26)30-28(31)19-22-10-4-5-11-24(22)29/h4-7,10-15,18,20H,8-9,16-17,19H2,1-3H3. The molecule has 0 N–H and O–H groups in total. The molecule has 32 heavy (non-hydrogen) atoms. The van der Waals surface area contributed by atoms with Gasteiger partial charge in [-0.3, -0.25) is 0 Å². The Morgan fingerprint density at radius 3 is 2.56 bits per heavy atom. The SMILES string of the molecule is Cc1ccc(C(C)C)c(OCCCCn2c(Cc3ccccc3Cl)nc3ccccc32)c1. The third-order valence-electron chi connectivity index (χ3n) is 5.86. The predicted octanol–water partition coefficient (Wildman–Crippen LogP) is 7.57. The van der Waals surface area contributed by atoms with Gasteiger partial charge < -0.3 is 9.30 Å². The van der Waals surface area contributed by atoms with E-state index in [0.29, 0.717) is 5.92 Å². The van der Waals surface area contributed by atoms with E-state index in [1.165, 1.54) is 16.6 Å². The van der Waals surface area contributed by atoms with Gasteiger partial charge in [-0.1, -0.05) is 67.9 Å². The second kappa shape index (κ2) is 10.2. The fourth-order valence-electron chi connectivity index (χ4n) is 4.12. The highest BCUT2D eigenvalue weighted by molar-refractivity contribution is 6.31. The van der Waals surface area contributed by atoms with Crippen LogP contribution in [0.3, 0.4) is 0 Å². The summed E-state index contributed by atoms with van der Waals surface area (Å²) < 4.78 is 8.52. The molecule has 0 saturated carbocycles. The number of aromatic nitrogens is 2. The Labute approximate surface area is 196 Å². The van der Waals surface area contributed by atoms with Crippen LogP contribution in [0.4, 0.5) is 0 Å². The number of imidazole rings is 1. The lowest BCUT2D eigenvalue weighted by molar-refractivity contribution is 0.299. The molecule has 0 radical (unpaired) electrons. The number of rotatable bonds is 9. The van der Waals surface area contributed by atoms with Crippen LogP contribution < -0.4 is 4.74 Å². The second-order valence-electron chi connectivity index (χ2n) is 8.69. The summed E-state index contributed by atoms with van der Waals surface area (Å²) in [5.74, 6) is 2.53. The molecule has 166 valence electrons. The Kier molecular flexibility index (Phi) is 7.16. The first-order valence-corrected chi connectivity index (χ1v) is 11.8. The van der Waals surface area contributed by atoms with E-state index >= 15 is 0 Å². The van der Waals surface area contributed by atoms with Crippen LogP contribution in [-0.2, 0) is 13.0 Å². The Balaban J connectivity index is 1.43. The van der Waals surface area contributed by atoms with Gasteiger partial charge in [0.2, 0.25) is 0 Å². The molecule has 3 aromatic carbocycles. The van der Waals surface area contributed by atoms with Crippen molar-refractivity contribution in [3.8, 4) is 5.75 Å². The molecule has 0 atom stereocenters. The Morgan fingerprint density at radius 1 is 0.969 bits per heavy atom. The smallest absolute Gasteiger partial charge is 0.122 e. The van der Waals surface area contributed by atoms with Crippen LogP contribution >= 0.6 is 11.6 Å². The maximum absolute atomic E-state index is 6.42. The highest BCUT2D eigenvalue weighted by atomic mass is 35.5. The Bertz CT molecular complexity index is 1200. The molecule has 0 bridgehead atoms. The molecule has 1 aromatic heterocycles. The van der Waals surface area contributed by atoms with Crippen LogP contribution in [0, 0.1) is 6.92 Å². The van der Waals surface area contributed by atoms with E-state index in [1.807, 2.05) is 24.3 Å². The molecular formula is C28H31ClN2O. The summed E-state index contributed by atoms with van der Waals surface area (Å²) in [5.41, 5.74) is 5.83. The van der Waals surface area contributed by atoms with E-state index in [9.17, 15) is 0 Å². The van der Waals surface area contributed by atoms with Gasteiger partial charge in [0, 0.05) is 18.0 Å². The second-order valence-corrected chi connectivity index (χ2v) is 9.10. The average molecular weight is 447 g/mol. The van der Waals surface area contributed by atoms with Crippen LogP contribution in [0.5, 0.6) is 5.75 Å². The molecule has 0 aliphatic heterocycles. The number of fused-ring (bicyclic) bond motifs is 1. The number of hydrogen-bond donors (Lipinski definition) is 0. The molecule has 4 aromatic rings. The number of ether oxygens (including phenoxy) is 1. The normalized spacial score (nSPS) is 11.4. The van der Waals surface area contributed by atoms with Gasteiger partial charge in [-0.25, -0.2) is 4.98 Å². The van der Waals surface area contributed by atoms with E-state index in [4.69, 9.17) is 21.3 Å². The lowest BCUT2D eigenvalue weighted by Gasteiger charge is -2.15. The Morgan fingerprint density at radius 2 is 1.75 bits per heavy atom. The number of aryl methyl sites for hydroxylation is 2. The number of nitrogens with zero attached hydrogens (tertiary/aromatic N) is 2. The maximum Gasteiger partial charge on any atom is 0.122 e. The van der Waals surface area contributed by atoms with Crippen molar-refractivity contribution in [2.24, 2.45) is 0 Å². The number of halogens is 1. The van der Waals surface area contributed by atoms with Gasteiger partial charge in [0.1, 0.15) is 11.6 Å². The number of benzene rings is 3. The zero-order valence-corrected chi connectivity index (χ0v) is 19.9. The lowest BCUT2D eigenvalue weighted by Crippen LogP contribution is -2.07. The molecule has 1 heterocycles. The van der Waals surface area contributed by atoms with Crippen LogP contribution in [0.1, 0.15) is 55.1 Å². The van der Waals surface area contributed by atoms with Crippen molar-refractivity contribution in [3.63, 3.8) is 0 Å². The number of hydrogen-bond acceptors (Lipinski definition) is 2. The van der Waals surface area contributed by atoms with Gasteiger partial charge in [-0.15, -0.1) is 0 Å². The molecular weight excluding hydrogens is 416 g/mol. The predicted molar refractivity (Wildman–Crippen MR) is 134 cm³/mol. The van der Waals surface area contributed by atoms with Gasteiger partial charge in [0.15, 0.2) is 0 Å². The van der Waals surface area contributed by atoms with E-state index < -0.39 is 0 Å². The van der Waals surface area contributed by atoms with Crippen molar-refractivity contribution in [2.75, 3.05) is 6.61 Å². The van der Waals surface area contributed by atoms with Crippen LogP contribution in [0.2, 0.25) is 5.02 Å². The fraction of sp³-hybridized carbons (Fsp3) is 0.321. The zero-order valence-electron chi connectivity index (χ0n) is 19.1. The largest absolute Gasteiger partial charge is 0.493 e. The molecule has 0 saturated heterocycles. The number of unbranched alkanes of at least 4 members (excludes halogenated alkanes) is 1. The van der Waals surface area contributed by atoms with Crippen molar-refractivity contribution in [1.82, 2.24) is 9.55 Å². The van der Waals surface area contributed by atoms with Crippen LogP contribution in [0.25, 0.3) is 11.0 Å². The maximum atomic E-state index is 6.42. The van der Waals surface area contributed by atoms with Crippen molar-refractivity contribution >= 4 is 22.6 Å². The van der Waals surface area contributed by atoms with Gasteiger partial charge in [0.05, 0.1) is 17.6 Å². The fourth-order valence-corrected chi connectivity index (χ4v) is 4.32. The topological polar surface area (TPSA) is 27.1 Å². The zero-order chi connectivity index (χ0) is 22.5. The van der Waals surface area contributed by atoms with Gasteiger partial charge in [0.25, 0.3) is 0 Å². The molecule has 0 spiro atoms. The first-order chi connectivity index (χ1) is 15.5. The summed E-state index contributed by atoms with van der Waals surface area (Å²) in [6, 6.07) is 22.9. The van der Waals surface area contributed by atoms with Crippen LogP contribution in [0.15, 0.2) is 66.7 Å². The van der Waals surface area contributed by atoms with Crippen molar-refractivity contribution < 1.29 is 4.74 Å². The molecule has 0 amide bonds. The Hall–Kier alpha value is -2.78. The first-order valence-electron chi connectivity index (χ1n) is 11.4. The van der Waals surface area contributed by atoms with E-state index in [0.717, 1.165) is 60.1 Å². The summed E-state index contributed by atoms with van der Waals surface area (Å²) in [5, 5.41) is 0.790. The summed E-state index contributed by atoms with van der Waals surface area (Å²) in [4.78, 5) is 4.91. The van der Waals surface area contributed by atoms with Gasteiger partial charge in [-0.2, -0.15) is 0 Å². The minimum absolute atomic E-state index is 0.454.